The molecule has 0 fully saturated rings. The molecule has 3 rings (SSSR count). The van der Waals surface area contributed by atoms with Gasteiger partial charge in [-0.2, -0.15) is 18.3 Å². The molecular weight excluding hydrogens is 345 g/mol. The Hall–Kier alpha value is -3.16. The van der Waals surface area contributed by atoms with E-state index in [2.05, 4.69) is 15.4 Å². The zero-order valence-corrected chi connectivity index (χ0v) is 13.6. The number of alkyl halides is 3. The molecule has 0 radical (unpaired) electrons. The lowest BCUT2D eigenvalue weighted by Crippen LogP contribution is -2.29. The number of nitrogens with one attached hydrogen (secondary N) is 1. The fraction of sp³-hybridized carbons (Fsp3) is 0.167. The predicted molar refractivity (Wildman–Crippen MR) is 89.2 cm³/mol. The van der Waals surface area contributed by atoms with Crippen LogP contribution in [0.2, 0.25) is 0 Å². The van der Waals surface area contributed by atoms with Gasteiger partial charge in [0.05, 0.1) is 23.4 Å². The summed E-state index contributed by atoms with van der Waals surface area (Å²) >= 11 is 0. The Kier molecular flexibility index (Phi) is 5.01. The SMILES string of the molecule is O=C(NCCn1ccc(-c2ccncc2)n1)c1ccccc1C(F)(F)F. The van der Waals surface area contributed by atoms with Crippen LogP contribution in [0.25, 0.3) is 11.3 Å². The Morgan fingerprint density at radius 2 is 1.81 bits per heavy atom. The molecule has 0 saturated carbocycles. The van der Waals surface area contributed by atoms with Crippen LogP contribution >= 0.6 is 0 Å². The molecular formula is C18H15F3N4O. The molecule has 0 aliphatic carbocycles. The number of amides is 1. The standard InChI is InChI=1S/C18H15F3N4O/c19-18(20,21)15-4-2-1-3-14(15)17(26)23-10-12-25-11-7-16(24-25)13-5-8-22-9-6-13/h1-9,11H,10,12H2,(H,23,26). The molecule has 2 aromatic heterocycles. The Labute approximate surface area is 147 Å². The summed E-state index contributed by atoms with van der Waals surface area (Å²) in [6.45, 7) is 0.494. The predicted octanol–water partition coefficient (Wildman–Crippen LogP) is 3.39. The Bertz CT molecular complexity index is 891. The first kappa shape index (κ1) is 17.7. The van der Waals surface area contributed by atoms with Crippen LogP contribution in [0.5, 0.6) is 0 Å². The summed E-state index contributed by atoms with van der Waals surface area (Å²) < 4.78 is 40.5. The van der Waals surface area contributed by atoms with Crippen LogP contribution in [0.4, 0.5) is 13.2 Å². The van der Waals surface area contributed by atoms with E-state index < -0.39 is 23.2 Å². The highest BCUT2D eigenvalue weighted by Crippen LogP contribution is 2.31. The van der Waals surface area contributed by atoms with E-state index in [1.54, 1.807) is 23.3 Å². The van der Waals surface area contributed by atoms with Gasteiger partial charge in [0.2, 0.25) is 0 Å². The maximum Gasteiger partial charge on any atom is 0.417 e. The van der Waals surface area contributed by atoms with Crippen LogP contribution in [0.15, 0.2) is 61.1 Å². The van der Waals surface area contributed by atoms with Crippen LogP contribution in [0.1, 0.15) is 15.9 Å². The van der Waals surface area contributed by atoms with Crippen molar-refractivity contribution in [1.29, 1.82) is 0 Å². The molecule has 0 bridgehead atoms. The third kappa shape index (κ3) is 4.08. The first-order valence-electron chi connectivity index (χ1n) is 7.83. The van der Waals surface area contributed by atoms with Crippen molar-refractivity contribution >= 4 is 5.91 Å². The van der Waals surface area contributed by atoms with Crippen LogP contribution in [-0.4, -0.2) is 27.2 Å². The van der Waals surface area contributed by atoms with E-state index in [0.717, 1.165) is 23.4 Å². The van der Waals surface area contributed by atoms with Gasteiger partial charge in [0.25, 0.3) is 5.91 Å². The van der Waals surface area contributed by atoms with Gasteiger partial charge >= 0.3 is 6.18 Å². The second kappa shape index (κ2) is 7.38. The minimum absolute atomic E-state index is 0.155. The van der Waals surface area contributed by atoms with Crippen LogP contribution < -0.4 is 5.32 Å². The van der Waals surface area contributed by atoms with Crippen molar-refractivity contribution in [2.45, 2.75) is 12.7 Å². The lowest BCUT2D eigenvalue weighted by Gasteiger charge is -2.12. The molecule has 0 spiro atoms. The molecule has 0 aliphatic rings. The van der Waals surface area contributed by atoms with Gasteiger partial charge in [-0.05, 0) is 30.3 Å². The van der Waals surface area contributed by atoms with Crippen molar-refractivity contribution in [1.82, 2.24) is 20.1 Å². The van der Waals surface area contributed by atoms with E-state index in [1.807, 2.05) is 18.2 Å². The summed E-state index contributed by atoms with van der Waals surface area (Å²) in [6, 6.07) is 10.2. The molecule has 134 valence electrons. The second-order valence-corrected chi connectivity index (χ2v) is 5.50. The van der Waals surface area contributed by atoms with Gasteiger partial charge in [-0.15, -0.1) is 0 Å². The molecule has 1 aromatic carbocycles. The summed E-state index contributed by atoms with van der Waals surface area (Å²) in [5, 5.41) is 6.86. The summed E-state index contributed by atoms with van der Waals surface area (Å²) in [4.78, 5) is 16.0. The van der Waals surface area contributed by atoms with Crippen LogP contribution in [0, 0.1) is 0 Å². The summed E-state index contributed by atoms with van der Waals surface area (Å²) in [6.07, 6.45) is 0.486. The molecule has 5 nitrogen and oxygen atoms in total. The molecule has 8 heteroatoms. The third-order valence-electron chi connectivity index (χ3n) is 3.72. The van der Waals surface area contributed by atoms with Crippen LogP contribution in [-0.2, 0) is 12.7 Å². The molecule has 3 aromatic rings. The molecule has 0 atom stereocenters. The zero-order valence-electron chi connectivity index (χ0n) is 13.6. The fourth-order valence-electron chi connectivity index (χ4n) is 2.47. The van der Waals surface area contributed by atoms with E-state index in [1.165, 1.54) is 12.1 Å². The second-order valence-electron chi connectivity index (χ2n) is 5.50. The zero-order chi connectivity index (χ0) is 18.6. The molecule has 0 unspecified atom stereocenters. The normalized spacial score (nSPS) is 11.3. The van der Waals surface area contributed by atoms with E-state index in [4.69, 9.17) is 0 Å². The maximum atomic E-state index is 13.0. The van der Waals surface area contributed by atoms with Crippen molar-refractivity contribution in [3.63, 3.8) is 0 Å². The summed E-state index contributed by atoms with van der Waals surface area (Å²) in [5.74, 6) is -0.764. The van der Waals surface area contributed by atoms with Gasteiger partial charge < -0.3 is 5.32 Å². The number of hydrogen-bond donors (Lipinski definition) is 1. The Morgan fingerprint density at radius 1 is 1.08 bits per heavy atom. The van der Waals surface area contributed by atoms with E-state index in [-0.39, 0.29) is 6.54 Å². The monoisotopic (exact) mass is 360 g/mol. The van der Waals surface area contributed by atoms with Crippen LogP contribution in [0.3, 0.4) is 0 Å². The smallest absolute Gasteiger partial charge is 0.350 e. The fourth-order valence-corrected chi connectivity index (χ4v) is 2.47. The van der Waals surface area contributed by atoms with Gasteiger partial charge in [0.15, 0.2) is 0 Å². The van der Waals surface area contributed by atoms with Gasteiger partial charge in [-0.3, -0.25) is 14.5 Å². The summed E-state index contributed by atoms with van der Waals surface area (Å²) in [5.41, 5.74) is 0.317. The minimum atomic E-state index is -4.57. The number of aromatic nitrogens is 3. The number of hydrogen-bond acceptors (Lipinski definition) is 3. The highest BCUT2D eigenvalue weighted by molar-refractivity contribution is 5.95. The quantitative estimate of drug-likeness (QED) is 0.759. The first-order chi connectivity index (χ1) is 12.4. The molecule has 1 N–H and O–H groups in total. The molecule has 1 amide bonds. The van der Waals surface area contributed by atoms with Gasteiger partial charge in [0.1, 0.15) is 0 Å². The van der Waals surface area contributed by atoms with Crippen molar-refractivity contribution < 1.29 is 18.0 Å². The average molecular weight is 360 g/mol. The maximum absolute atomic E-state index is 13.0. The largest absolute Gasteiger partial charge is 0.417 e. The van der Waals surface area contributed by atoms with Crippen molar-refractivity contribution in [3.8, 4) is 11.3 Å². The van der Waals surface area contributed by atoms with Crippen molar-refractivity contribution in [2.24, 2.45) is 0 Å². The number of nitrogens with zero attached hydrogens (tertiary/aromatic N) is 3. The minimum Gasteiger partial charge on any atom is -0.350 e. The third-order valence-corrected chi connectivity index (χ3v) is 3.72. The number of benzene rings is 1. The van der Waals surface area contributed by atoms with Gasteiger partial charge in [0, 0.05) is 30.7 Å². The topological polar surface area (TPSA) is 59.8 Å². The highest BCUT2D eigenvalue weighted by Gasteiger charge is 2.34. The highest BCUT2D eigenvalue weighted by atomic mass is 19.4. The molecule has 0 aliphatic heterocycles. The lowest BCUT2D eigenvalue weighted by molar-refractivity contribution is -0.137. The molecule has 2 heterocycles. The number of carbonyl (C=O) groups is 1. The Morgan fingerprint density at radius 3 is 2.54 bits per heavy atom. The molecule has 0 saturated heterocycles. The number of halogens is 3. The summed E-state index contributed by atoms with van der Waals surface area (Å²) in [7, 11) is 0. The molecule has 26 heavy (non-hydrogen) atoms. The van der Waals surface area contributed by atoms with Crippen molar-refractivity contribution in [2.75, 3.05) is 6.54 Å². The lowest BCUT2D eigenvalue weighted by atomic mass is 10.1. The average Bonchev–Trinajstić information content (AvgIpc) is 3.10. The number of rotatable bonds is 5. The number of carbonyl (C=O) groups excluding carboxylic acids is 1. The van der Waals surface area contributed by atoms with Gasteiger partial charge in [-0.25, -0.2) is 0 Å². The van der Waals surface area contributed by atoms with Crippen molar-refractivity contribution in [3.05, 3.63) is 72.2 Å². The van der Waals surface area contributed by atoms with E-state index >= 15 is 0 Å². The first-order valence-corrected chi connectivity index (χ1v) is 7.83. The van der Waals surface area contributed by atoms with E-state index in [0.29, 0.717) is 6.54 Å². The number of pyridine rings is 1. The van der Waals surface area contributed by atoms with E-state index in [9.17, 15) is 18.0 Å². The Balaban J connectivity index is 1.61. The van der Waals surface area contributed by atoms with Gasteiger partial charge in [-0.1, -0.05) is 12.1 Å².